The fourth-order valence-electron chi connectivity index (χ4n) is 3.53. The van der Waals surface area contributed by atoms with Gasteiger partial charge in [0, 0.05) is 37.1 Å². The molecule has 1 saturated heterocycles. The fraction of sp³-hybridized carbons (Fsp3) is 0.348. The number of hydrogen-bond acceptors (Lipinski definition) is 5. The number of nitrogens with zero attached hydrogens (tertiary/aromatic N) is 1. The van der Waals surface area contributed by atoms with E-state index >= 15 is 0 Å². The molecule has 8 nitrogen and oxygen atoms in total. The molecule has 32 heavy (non-hydrogen) atoms. The summed E-state index contributed by atoms with van der Waals surface area (Å²) >= 11 is 0. The van der Waals surface area contributed by atoms with Crippen LogP contribution in [0.4, 0.5) is 0 Å². The first-order chi connectivity index (χ1) is 15.2. The van der Waals surface area contributed by atoms with Gasteiger partial charge in [-0.15, -0.1) is 0 Å². The third-order valence-corrected chi connectivity index (χ3v) is 7.28. The Morgan fingerprint density at radius 1 is 0.938 bits per heavy atom. The van der Waals surface area contributed by atoms with Crippen molar-refractivity contribution in [2.45, 2.75) is 44.4 Å². The second-order valence-electron chi connectivity index (χ2n) is 7.88. The highest BCUT2D eigenvalue weighted by molar-refractivity contribution is 7.89. The van der Waals surface area contributed by atoms with Crippen LogP contribution in [0.15, 0.2) is 47.4 Å². The summed E-state index contributed by atoms with van der Waals surface area (Å²) in [6.45, 7) is 4.67. The lowest BCUT2D eigenvalue weighted by Gasteiger charge is -2.16. The van der Waals surface area contributed by atoms with E-state index in [0.29, 0.717) is 18.7 Å². The Labute approximate surface area is 188 Å². The molecule has 0 bridgehead atoms. The van der Waals surface area contributed by atoms with Gasteiger partial charge in [0.25, 0.3) is 5.91 Å². The van der Waals surface area contributed by atoms with Gasteiger partial charge in [0.1, 0.15) is 0 Å². The molecule has 0 aromatic heterocycles. The summed E-state index contributed by atoms with van der Waals surface area (Å²) in [6, 6.07) is 11.3. The molecule has 1 fully saturated rings. The Bertz CT molecular complexity index is 1140. The van der Waals surface area contributed by atoms with E-state index in [0.717, 1.165) is 24.0 Å². The quantitative estimate of drug-likeness (QED) is 0.490. The maximum Gasteiger partial charge on any atom is 0.269 e. The standard InChI is InChI=1S/C23H27N3O5S/c1-16-8-9-17(2)20(14-16)21(27)10-11-22(28)24-25-23(29)18-6-5-7-19(15-18)32(30,31)26-12-3-4-13-26/h5-9,14-15H,3-4,10-13H2,1-2H3,(H,24,28)(H,25,29). The van der Waals surface area contributed by atoms with Gasteiger partial charge < -0.3 is 0 Å². The molecule has 170 valence electrons. The van der Waals surface area contributed by atoms with E-state index in [1.807, 2.05) is 26.0 Å². The van der Waals surface area contributed by atoms with Crippen LogP contribution in [-0.4, -0.2) is 43.4 Å². The van der Waals surface area contributed by atoms with Gasteiger partial charge in [-0.25, -0.2) is 8.42 Å². The zero-order valence-electron chi connectivity index (χ0n) is 18.2. The Hall–Kier alpha value is -3.04. The number of hydrazine groups is 1. The van der Waals surface area contributed by atoms with Crippen molar-refractivity contribution in [1.82, 2.24) is 15.2 Å². The first kappa shape index (κ1) is 23.6. The second-order valence-corrected chi connectivity index (χ2v) is 9.82. The van der Waals surface area contributed by atoms with E-state index in [2.05, 4.69) is 10.9 Å². The highest BCUT2D eigenvalue weighted by Crippen LogP contribution is 2.21. The summed E-state index contributed by atoms with van der Waals surface area (Å²) in [6.07, 6.45) is 1.56. The van der Waals surface area contributed by atoms with Gasteiger partial charge in [-0.2, -0.15) is 4.31 Å². The minimum absolute atomic E-state index is 0.00948. The van der Waals surface area contributed by atoms with Crippen molar-refractivity contribution in [3.8, 4) is 0 Å². The first-order valence-electron chi connectivity index (χ1n) is 10.5. The minimum atomic E-state index is -3.65. The van der Waals surface area contributed by atoms with Gasteiger partial charge in [-0.3, -0.25) is 25.2 Å². The van der Waals surface area contributed by atoms with Gasteiger partial charge in [0.15, 0.2) is 5.78 Å². The number of benzene rings is 2. The van der Waals surface area contributed by atoms with E-state index in [4.69, 9.17) is 0 Å². The molecule has 0 radical (unpaired) electrons. The van der Waals surface area contributed by atoms with Crippen LogP contribution in [0.1, 0.15) is 57.5 Å². The molecular weight excluding hydrogens is 430 g/mol. The Morgan fingerprint density at radius 2 is 1.66 bits per heavy atom. The third-order valence-electron chi connectivity index (χ3n) is 5.39. The highest BCUT2D eigenvalue weighted by atomic mass is 32.2. The van der Waals surface area contributed by atoms with Crippen LogP contribution in [-0.2, 0) is 14.8 Å². The van der Waals surface area contributed by atoms with Gasteiger partial charge >= 0.3 is 0 Å². The minimum Gasteiger partial charge on any atom is -0.294 e. The number of amides is 2. The molecule has 9 heteroatoms. The molecule has 3 rings (SSSR count). The molecular formula is C23H27N3O5S. The zero-order chi connectivity index (χ0) is 23.3. The van der Waals surface area contributed by atoms with E-state index in [1.54, 1.807) is 6.07 Å². The number of ketones is 1. The smallest absolute Gasteiger partial charge is 0.269 e. The lowest BCUT2D eigenvalue weighted by Crippen LogP contribution is -2.41. The van der Waals surface area contributed by atoms with Crippen LogP contribution in [0.2, 0.25) is 0 Å². The molecule has 0 atom stereocenters. The summed E-state index contributed by atoms with van der Waals surface area (Å²) in [5, 5.41) is 0. The molecule has 0 unspecified atom stereocenters. The molecule has 1 aliphatic heterocycles. The van der Waals surface area contributed by atoms with Gasteiger partial charge in [0.05, 0.1) is 4.90 Å². The van der Waals surface area contributed by atoms with Crippen LogP contribution in [0.25, 0.3) is 0 Å². The molecule has 2 aromatic carbocycles. The van der Waals surface area contributed by atoms with Crippen LogP contribution in [0.5, 0.6) is 0 Å². The molecule has 0 saturated carbocycles. The predicted molar refractivity (Wildman–Crippen MR) is 120 cm³/mol. The van der Waals surface area contributed by atoms with E-state index in [-0.39, 0.29) is 29.1 Å². The summed E-state index contributed by atoms with van der Waals surface area (Å²) < 4.78 is 26.8. The molecule has 2 amide bonds. The normalized spacial score (nSPS) is 14.2. The number of aryl methyl sites for hydroxylation is 2. The molecule has 1 aliphatic rings. The van der Waals surface area contributed by atoms with Crippen molar-refractivity contribution in [2.75, 3.05) is 13.1 Å². The molecule has 0 spiro atoms. The number of carbonyl (C=O) groups is 3. The summed E-state index contributed by atoms with van der Waals surface area (Å²) in [5.41, 5.74) is 7.05. The topological polar surface area (TPSA) is 113 Å². The fourth-order valence-corrected chi connectivity index (χ4v) is 5.10. The number of nitrogens with one attached hydrogen (secondary N) is 2. The Kier molecular flexibility index (Phi) is 7.42. The summed E-state index contributed by atoms with van der Waals surface area (Å²) in [7, 11) is -3.65. The Morgan fingerprint density at radius 3 is 2.38 bits per heavy atom. The van der Waals surface area contributed by atoms with Gasteiger partial charge in [-0.05, 0) is 56.5 Å². The van der Waals surface area contributed by atoms with Crippen LogP contribution < -0.4 is 10.9 Å². The van der Waals surface area contributed by atoms with E-state index in [1.165, 1.54) is 28.6 Å². The molecule has 2 aromatic rings. The average molecular weight is 458 g/mol. The number of rotatable bonds is 7. The number of Topliss-reactive ketones (excluding diaryl/α,β-unsaturated/α-hetero) is 1. The summed E-state index contributed by atoms with van der Waals surface area (Å²) in [5.74, 6) is -1.30. The number of hydrogen-bond donors (Lipinski definition) is 2. The molecule has 0 aliphatic carbocycles. The highest BCUT2D eigenvalue weighted by Gasteiger charge is 2.27. The van der Waals surface area contributed by atoms with Crippen molar-refractivity contribution in [3.05, 3.63) is 64.7 Å². The van der Waals surface area contributed by atoms with Gasteiger partial charge in [-0.1, -0.05) is 23.8 Å². The van der Waals surface area contributed by atoms with Crippen molar-refractivity contribution in [3.63, 3.8) is 0 Å². The number of sulfonamides is 1. The number of carbonyl (C=O) groups excluding carboxylic acids is 3. The Balaban J connectivity index is 1.54. The predicted octanol–water partition coefficient (Wildman–Crippen LogP) is 2.51. The lowest BCUT2D eigenvalue weighted by atomic mass is 9.99. The maximum atomic E-state index is 12.7. The largest absolute Gasteiger partial charge is 0.294 e. The van der Waals surface area contributed by atoms with Crippen molar-refractivity contribution < 1.29 is 22.8 Å². The van der Waals surface area contributed by atoms with Crippen LogP contribution in [0, 0.1) is 13.8 Å². The average Bonchev–Trinajstić information content (AvgIpc) is 3.33. The molecule has 2 N–H and O–H groups in total. The maximum absolute atomic E-state index is 12.7. The van der Waals surface area contributed by atoms with Crippen molar-refractivity contribution in [2.24, 2.45) is 0 Å². The first-order valence-corrected chi connectivity index (χ1v) is 11.9. The van der Waals surface area contributed by atoms with Crippen molar-refractivity contribution in [1.29, 1.82) is 0 Å². The summed E-state index contributed by atoms with van der Waals surface area (Å²) in [4.78, 5) is 36.9. The van der Waals surface area contributed by atoms with Crippen LogP contribution >= 0.6 is 0 Å². The van der Waals surface area contributed by atoms with E-state index < -0.39 is 21.8 Å². The van der Waals surface area contributed by atoms with E-state index in [9.17, 15) is 22.8 Å². The van der Waals surface area contributed by atoms with Gasteiger partial charge in [0.2, 0.25) is 15.9 Å². The van der Waals surface area contributed by atoms with Crippen molar-refractivity contribution >= 4 is 27.6 Å². The second kappa shape index (κ2) is 10.1. The monoisotopic (exact) mass is 457 g/mol. The van der Waals surface area contributed by atoms with Crippen LogP contribution in [0.3, 0.4) is 0 Å². The third kappa shape index (κ3) is 5.60. The zero-order valence-corrected chi connectivity index (χ0v) is 19.0. The molecule has 1 heterocycles. The lowest BCUT2D eigenvalue weighted by molar-refractivity contribution is -0.121. The SMILES string of the molecule is Cc1ccc(C)c(C(=O)CCC(=O)NNC(=O)c2cccc(S(=O)(=O)N3CCCC3)c2)c1.